The smallest absolute Gasteiger partial charge is 0.311 e. The molecule has 1 N–H and O–H groups in total. The second kappa shape index (κ2) is 10.2. The van der Waals surface area contributed by atoms with E-state index in [1.54, 1.807) is 14.2 Å². The van der Waals surface area contributed by atoms with Crippen LogP contribution < -0.4 is 14.8 Å². The molecule has 2 fully saturated rings. The van der Waals surface area contributed by atoms with Crippen LogP contribution in [0.15, 0.2) is 12.1 Å². The molecule has 1 aromatic carbocycles. The number of hydrogen-bond acceptors (Lipinski definition) is 6. The highest BCUT2D eigenvalue weighted by Crippen LogP contribution is 2.46. The Morgan fingerprint density at radius 3 is 2.52 bits per heavy atom. The molecule has 3 heterocycles. The van der Waals surface area contributed by atoms with Gasteiger partial charge in [0.2, 0.25) is 0 Å². The number of nitrogens with one attached hydrogen (secondary N) is 1. The largest absolute Gasteiger partial charge is 0.493 e. The van der Waals surface area contributed by atoms with E-state index < -0.39 is 0 Å². The van der Waals surface area contributed by atoms with Gasteiger partial charge in [-0.2, -0.15) is 0 Å². The average molecular weight is 459 g/mol. The highest BCUT2D eigenvalue weighted by atomic mass is 16.5. The van der Waals surface area contributed by atoms with E-state index in [0.29, 0.717) is 30.4 Å². The van der Waals surface area contributed by atoms with E-state index in [1.165, 1.54) is 17.5 Å². The van der Waals surface area contributed by atoms with Crippen LogP contribution >= 0.6 is 0 Å². The van der Waals surface area contributed by atoms with Gasteiger partial charge in [-0.3, -0.25) is 9.69 Å². The van der Waals surface area contributed by atoms with Crippen molar-refractivity contribution in [2.75, 3.05) is 47.0 Å². The van der Waals surface area contributed by atoms with Crippen molar-refractivity contribution in [1.29, 1.82) is 0 Å². The Hall–Kier alpha value is -1.79. The first kappa shape index (κ1) is 24.3. The van der Waals surface area contributed by atoms with Crippen molar-refractivity contribution >= 4 is 5.97 Å². The van der Waals surface area contributed by atoms with Crippen LogP contribution in [0, 0.1) is 23.2 Å². The monoisotopic (exact) mass is 458 g/mol. The number of piperidine rings is 2. The van der Waals surface area contributed by atoms with Crippen LogP contribution in [0.4, 0.5) is 0 Å². The Bertz CT molecular complexity index is 834. The molecule has 3 atom stereocenters. The molecular weight excluding hydrogens is 416 g/mol. The van der Waals surface area contributed by atoms with Crippen LogP contribution in [0.3, 0.4) is 0 Å². The SMILES string of the molecule is COc1cc2c(cc1OC)C1CC(COC(=O)C3(C)CCNCC3)C(CC(C)C)CN1CC2. The minimum Gasteiger partial charge on any atom is -0.493 e. The Labute approximate surface area is 199 Å². The third-order valence-electron chi connectivity index (χ3n) is 8.18. The van der Waals surface area contributed by atoms with Gasteiger partial charge >= 0.3 is 5.97 Å². The molecule has 0 spiro atoms. The van der Waals surface area contributed by atoms with Gasteiger partial charge in [0, 0.05) is 19.1 Å². The van der Waals surface area contributed by atoms with Crippen LogP contribution in [0.1, 0.15) is 63.6 Å². The first-order chi connectivity index (χ1) is 15.8. The summed E-state index contributed by atoms with van der Waals surface area (Å²) in [6.07, 6.45) is 4.94. The lowest BCUT2D eigenvalue weighted by molar-refractivity contribution is -0.159. The molecule has 2 saturated heterocycles. The lowest BCUT2D eigenvalue weighted by Gasteiger charge is -2.47. The lowest BCUT2D eigenvalue weighted by Crippen LogP contribution is -2.48. The van der Waals surface area contributed by atoms with E-state index in [2.05, 4.69) is 43.1 Å². The number of benzene rings is 1. The molecule has 0 aromatic heterocycles. The number of esters is 1. The Morgan fingerprint density at radius 1 is 1.15 bits per heavy atom. The molecule has 33 heavy (non-hydrogen) atoms. The molecule has 4 rings (SSSR count). The third kappa shape index (κ3) is 5.17. The minimum absolute atomic E-state index is 0.00910. The van der Waals surface area contributed by atoms with Crippen molar-refractivity contribution in [3.8, 4) is 11.5 Å². The van der Waals surface area contributed by atoms with Gasteiger partial charge in [0.15, 0.2) is 11.5 Å². The lowest BCUT2D eigenvalue weighted by atomic mass is 9.74. The van der Waals surface area contributed by atoms with Gasteiger partial charge in [-0.1, -0.05) is 13.8 Å². The Kier molecular flexibility index (Phi) is 7.54. The zero-order chi connectivity index (χ0) is 23.6. The topological polar surface area (TPSA) is 60.0 Å². The fourth-order valence-electron chi connectivity index (χ4n) is 6.12. The molecule has 3 unspecified atom stereocenters. The fraction of sp³-hybridized carbons (Fsp3) is 0.741. The van der Waals surface area contributed by atoms with Gasteiger partial charge in [-0.05, 0) is 93.1 Å². The molecule has 0 radical (unpaired) electrons. The number of methoxy groups -OCH3 is 2. The zero-order valence-electron chi connectivity index (χ0n) is 21.1. The molecule has 3 aliphatic heterocycles. The van der Waals surface area contributed by atoms with E-state index in [0.717, 1.165) is 63.4 Å². The predicted molar refractivity (Wildman–Crippen MR) is 130 cm³/mol. The first-order valence-corrected chi connectivity index (χ1v) is 12.7. The average Bonchev–Trinajstić information content (AvgIpc) is 2.81. The minimum atomic E-state index is -0.346. The van der Waals surface area contributed by atoms with Gasteiger partial charge in [0.1, 0.15) is 0 Å². The van der Waals surface area contributed by atoms with Crippen LogP contribution in [0.25, 0.3) is 0 Å². The molecule has 0 aliphatic carbocycles. The maximum atomic E-state index is 13.0. The number of nitrogens with zero attached hydrogens (tertiary/aromatic N) is 1. The molecule has 0 bridgehead atoms. The van der Waals surface area contributed by atoms with Crippen LogP contribution in [0.5, 0.6) is 11.5 Å². The van der Waals surface area contributed by atoms with Crippen LogP contribution in [0.2, 0.25) is 0 Å². The van der Waals surface area contributed by atoms with Crippen molar-refractivity contribution < 1.29 is 19.0 Å². The second-order valence-electron chi connectivity index (χ2n) is 11.0. The molecule has 184 valence electrons. The van der Waals surface area contributed by atoms with Crippen molar-refractivity contribution in [2.45, 2.75) is 58.9 Å². The normalized spacial score (nSPS) is 26.9. The maximum absolute atomic E-state index is 13.0. The summed E-state index contributed by atoms with van der Waals surface area (Å²) in [5, 5.41) is 3.35. The van der Waals surface area contributed by atoms with E-state index in [1.807, 2.05) is 0 Å². The summed E-state index contributed by atoms with van der Waals surface area (Å²) in [4.78, 5) is 15.7. The highest BCUT2D eigenvalue weighted by molar-refractivity contribution is 5.76. The zero-order valence-corrected chi connectivity index (χ0v) is 21.1. The number of hydrogen-bond donors (Lipinski definition) is 1. The predicted octanol–water partition coefficient (Wildman–Crippen LogP) is 4.22. The fourth-order valence-corrected chi connectivity index (χ4v) is 6.12. The molecule has 0 amide bonds. The number of ether oxygens (including phenoxy) is 3. The summed E-state index contributed by atoms with van der Waals surface area (Å²) in [7, 11) is 3.40. The van der Waals surface area contributed by atoms with Gasteiger partial charge in [0.25, 0.3) is 0 Å². The van der Waals surface area contributed by atoms with Crippen LogP contribution in [-0.2, 0) is 16.0 Å². The standard InChI is InChI=1S/C27H42N2O4/c1-18(2)12-20-16-29-11-6-19-14-24(31-4)25(32-5)15-22(19)23(29)13-21(20)17-33-26(30)27(3)7-9-28-10-8-27/h14-15,18,20-21,23,28H,6-13,16-17H2,1-5H3. The van der Waals surface area contributed by atoms with Gasteiger partial charge < -0.3 is 19.5 Å². The van der Waals surface area contributed by atoms with Gasteiger partial charge in [0.05, 0.1) is 26.2 Å². The quantitative estimate of drug-likeness (QED) is 0.618. The van der Waals surface area contributed by atoms with E-state index in [-0.39, 0.29) is 11.4 Å². The third-order valence-corrected chi connectivity index (χ3v) is 8.18. The summed E-state index contributed by atoms with van der Waals surface area (Å²) < 4.78 is 17.2. The van der Waals surface area contributed by atoms with E-state index in [4.69, 9.17) is 14.2 Å². The summed E-state index contributed by atoms with van der Waals surface area (Å²) in [5.41, 5.74) is 2.36. The molecule has 1 aromatic rings. The van der Waals surface area contributed by atoms with E-state index >= 15 is 0 Å². The summed E-state index contributed by atoms with van der Waals surface area (Å²) >= 11 is 0. The van der Waals surface area contributed by atoms with Gasteiger partial charge in [-0.15, -0.1) is 0 Å². The summed E-state index contributed by atoms with van der Waals surface area (Å²) in [6, 6.07) is 4.67. The Balaban J connectivity index is 1.53. The molecule has 6 nitrogen and oxygen atoms in total. The number of carbonyl (C=O) groups is 1. The molecular formula is C27H42N2O4. The van der Waals surface area contributed by atoms with Crippen molar-refractivity contribution in [2.24, 2.45) is 23.2 Å². The highest BCUT2D eigenvalue weighted by Gasteiger charge is 2.41. The van der Waals surface area contributed by atoms with Crippen LogP contribution in [-0.4, -0.2) is 57.9 Å². The van der Waals surface area contributed by atoms with Crippen molar-refractivity contribution in [3.63, 3.8) is 0 Å². The number of fused-ring (bicyclic) bond motifs is 3. The first-order valence-electron chi connectivity index (χ1n) is 12.7. The number of carbonyl (C=O) groups excluding carboxylic acids is 1. The summed E-state index contributed by atoms with van der Waals surface area (Å²) in [5.74, 6) is 3.15. The Morgan fingerprint density at radius 2 is 1.85 bits per heavy atom. The molecule has 0 saturated carbocycles. The second-order valence-corrected chi connectivity index (χ2v) is 11.0. The summed E-state index contributed by atoms with van der Waals surface area (Å²) in [6.45, 7) is 11.1. The number of rotatable bonds is 7. The van der Waals surface area contributed by atoms with Gasteiger partial charge in [-0.25, -0.2) is 0 Å². The molecule has 3 aliphatic rings. The maximum Gasteiger partial charge on any atom is 0.311 e. The molecule has 6 heteroatoms. The van der Waals surface area contributed by atoms with E-state index in [9.17, 15) is 4.79 Å². The van der Waals surface area contributed by atoms with Crippen molar-refractivity contribution in [1.82, 2.24) is 10.2 Å². The van der Waals surface area contributed by atoms with Crippen molar-refractivity contribution in [3.05, 3.63) is 23.3 Å².